The van der Waals surface area contributed by atoms with E-state index in [1.807, 2.05) is 19.1 Å². The van der Waals surface area contributed by atoms with Gasteiger partial charge in [0.05, 0.1) is 7.11 Å². The van der Waals surface area contributed by atoms with Gasteiger partial charge in [0, 0.05) is 11.6 Å². The van der Waals surface area contributed by atoms with Gasteiger partial charge < -0.3 is 15.6 Å². The quantitative estimate of drug-likeness (QED) is 0.747. The molecule has 1 atom stereocenters. The molecule has 0 saturated carbocycles. The lowest BCUT2D eigenvalue weighted by Gasteiger charge is -2.13. The zero-order valence-corrected chi connectivity index (χ0v) is 7.95. The first kappa shape index (κ1) is 9.86. The Kier molecular flexibility index (Phi) is 3.14. The molecule has 0 fully saturated rings. The van der Waals surface area contributed by atoms with Crippen molar-refractivity contribution in [3.8, 4) is 11.5 Å². The third-order valence-corrected chi connectivity index (χ3v) is 2.09. The summed E-state index contributed by atoms with van der Waals surface area (Å²) in [6.45, 7) is 1.98. The van der Waals surface area contributed by atoms with Gasteiger partial charge >= 0.3 is 0 Å². The maximum atomic E-state index is 9.69. The molecule has 3 heteroatoms. The Morgan fingerprint density at radius 1 is 1.54 bits per heavy atom. The van der Waals surface area contributed by atoms with Gasteiger partial charge in [-0.25, -0.2) is 0 Å². The number of ether oxygens (including phenoxy) is 1. The third kappa shape index (κ3) is 1.92. The van der Waals surface area contributed by atoms with Gasteiger partial charge in [-0.15, -0.1) is 0 Å². The van der Waals surface area contributed by atoms with E-state index in [2.05, 4.69) is 0 Å². The van der Waals surface area contributed by atoms with Crippen LogP contribution in [0.15, 0.2) is 18.2 Å². The Hall–Kier alpha value is -1.22. The standard InChI is InChI=1S/C10H15NO2/c1-3-8(11)7-5-4-6-9(13-2)10(7)12/h4-6,8,12H,3,11H2,1-2H3/t8-/m0/s1. The highest BCUT2D eigenvalue weighted by Crippen LogP contribution is 2.33. The Morgan fingerprint density at radius 2 is 2.23 bits per heavy atom. The van der Waals surface area contributed by atoms with Crippen molar-refractivity contribution in [3.63, 3.8) is 0 Å². The number of phenols is 1. The van der Waals surface area contributed by atoms with Crippen molar-refractivity contribution < 1.29 is 9.84 Å². The summed E-state index contributed by atoms with van der Waals surface area (Å²) in [5.74, 6) is 0.626. The highest BCUT2D eigenvalue weighted by Gasteiger charge is 2.11. The molecule has 13 heavy (non-hydrogen) atoms. The van der Waals surface area contributed by atoms with Gasteiger partial charge in [-0.05, 0) is 12.5 Å². The molecule has 0 aromatic heterocycles. The molecule has 0 aliphatic rings. The summed E-state index contributed by atoms with van der Waals surface area (Å²) in [6, 6.07) is 5.21. The minimum atomic E-state index is -0.130. The summed E-state index contributed by atoms with van der Waals surface area (Å²) in [5.41, 5.74) is 6.54. The van der Waals surface area contributed by atoms with E-state index in [4.69, 9.17) is 10.5 Å². The van der Waals surface area contributed by atoms with Crippen molar-refractivity contribution in [1.29, 1.82) is 0 Å². The van der Waals surface area contributed by atoms with E-state index >= 15 is 0 Å². The molecule has 1 rings (SSSR count). The molecular weight excluding hydrogens is 166 g/mol. The Balaban J connectivity index is 3.08. The number of benzene rings is 1. The van der Waals surface area contributed by atoms with Crippen molar-refractivity contribution in [3.05, 3.63) is 23.8 Å². The number of aromatic hydroxyl groups is 1. The van der Waals surface area contributed by atoms with Crippen LogP contribution in [-0.2, 0) is 0 Å². The van der Waals surface area contributed by atoms with Crippen LogP contribution in [0.4, 0.5) is 0 Å². The fourth-order valence-electron chi connectivity index (χ4n) is 1.22. The molecule has 0 saturated heterocycles. The van der Waals surface area contributed by atoms with Gasteiger partial charge in [0.2, 0.25) is 0 Å². The average molecular weight is 181 g/mol. The number of hydrogen-bond acceptors (Lipinski definition) is 3. The molecule has 0 heterocycles. The van der Waals surface area contributed by atoms with Crippen molar-refractivity contribution in [2.45, 2.75) is 19.4 Å². The van der Waals surface area contributed by atoms with E-state index in [0.717, 1.165) is 12.0 Å². The van der Waals surface area contributed by atoms with Crippen molar-refractivity contribution in [2.24, 2.45) is 5.73 Å². The van der Waals surface area contributed by atoms with Crippen molar-refractivity contribution >= 4 is 0 Å². The van der Waals surface area contributed by atoms with Crippen LogP contribution in [0.5, 0.6) is 11.5 Å². The number of rotatable bonds is 3. The van der Waals surface area contributed by atoms with Crippen LogP contribution in [0.1, 0.15) is 24.9 Å². The molecule has 0 radical (unpaired) electrons. The normalized spacial score (nSPS) is 12.5. The molecule has 1 aromatic rings. The fraction of sp³-hybridized carbons (Fsp3) is 0.400. The lowest BCUT2D eigenvalue weighted by Crippen LogP contribution is -2.08. The first-order chi connectivity index (χ1) is 6.20. The van der Waals surface area contributed by atoms with E-state index in [1.165, 1.54) is 7.11 Å². The Bertz CT molecular complexity index is 286. The van der Waals surface area contributed by atoms with Crippen LogP contribution in [0, 0.1) is 0 Å². The molecule has 0 aliphatic carbocycles. The molecule has 3 nitrogen and oxygen atoms in total. The highest BCUT2D eigenvalue weighted by molar-refractivity contribution is 5.46. The topological polar surface area (TPSA) is 55.5 Å². The second-order valence-corrected chi connectivity index (χ2v) is 2.91. The molecular formula is C10H15NO2. The molecule has 0 aliphatic heterocycles. The summed E-state index contributed by atoms with van der Waals surface area (Å²) in [7, 11) is 1.52. The summed E-state index contributed by atoms with van der Waals surface area (Å²) >= 11 is 0. The highest BCUT2D eigenvalue weighted by atomic mass is 16.5. The maximum Gasteiger partial charge on any atom is 0.162 e. The third-order valence-electron chi connectivity index (χ3n) is 2.09. The Morgan fingerprint density at radius 3 is 2.77 bits per heavy atom. The van der Waals surface area contributed by atoms with Crippen molar-refractivity contribution in [2.75, 3.05) is 7.11 Å². The molecule has 0 amide bonds. The van der Waals surface area contributed by atoms with Gasteiger partial charge in [-0.3, -0.25) is 0 Å². The molecule has 0 bridgehead atoms. The number of hydrogen-bond donors (Lipinski definition) is 2. The SMILES string of the molecule is CC[C@H](N)c1cccc(OC)c1O. The summed E-state index contributed by atoms with van der Waals surface area (Å²) < 4.78 is 4.97. The molecule has 1 aromatic carbocycles. The summed E-state index contributed by atoms with van der Waals surface area (Å²) in [4.78, 5) is 0. The number of nitrogens with two attached hydrogens (primary N) is 1. The number of methoxy groups -OCH3 is 1. The largest absolute Gasteiger partial charge is 0.504 e. The molecule has 0 unspecified atom stereocenters. The van der Waals surface area contributed by atoms with Crippen LogP contribution < -0.4 is 10.5 Å². The van der Waals surface area contributed by atoms with Gasteiger partial charge in [-0.2, -0.15) is 0 Å². The zero-order chi connectivity index (χ0) is 9.84. The van der Waals surface area contributed by atoms with Crippen LogP contribution in [-0.4, -0.2) is 12.2 Å². The van der Waals surface area contributed by atoms with Gasteiger partial charge in [-0.1, -0.05) is 19.1 Å². The van der Waals surface area contributed by atoms with E-state index < -0.39 is 0 Å². The van der Waals surface area contributed by atoms with Gasteiger partial charge in [0.15, 0.2) is 11.5 Å². The van der Waals surface area contributed by atoms with Crippen molar-refractivity contribution in [1.82, 2.24) is 0 Å². The monoisotopic (exact) mass is 181 g/mol. The number of phenolic OH excluding ortho intramolecular Hbond substituents is 1. The lowest BCUT2D eigenvalue weighted by atomic mass is 10.0. The second kappa shape index (κ2) is 4.14. The Labute approximate surface area is 78.1 Å². The summed E-state index contributed by atoms with van der Waals surface area (Å²) in [5, 5.41) is 9.69. The predicted molar refractivity (Wildman–Crippen MR) is 51.9 cm³/mol. The van der Waals surface area contributed by atoms with Crippen LogP contribution >= 0.6 is 0 Å². The van der Waals surface area contributed by atoms with E-state index in [-0.39, 0.29) is 11.8 Å². The van der Waals surface area contributed by atoms with Crippen LogP contribution in [0.2, 0.25) is 0 Å². The van der Waals surface area contributed by atoms with E-state index in [9.17, 15) is 5.11 Å². The molecule has 3 N–H and O–H groups in total. The second-order valence-electron chi connectivity index (χ2n) is 2.91. The fourth-order valence-corrected chi connectivity index (χ4v) is 1.22. The average Bonchev–Trinajstić information content (AvgIpc) is 2.17. The van der Waals surface area contributed by atoms with E-state index in [0.29, 0.717) is 5.75 Å². The minimum absolute atomic E-state index is 0.130. The van der Waals surface area contributed by atoms with Gasteiger partial charge in [0.1, 0.15) is 0 Å². The zero-order valence-electron chi connectivity index (χ0n) is 7.95. The molecule has 72 valence electrons. The first-order valence-electron chi connectivity index (χ1n) is 4.32. The molecule has 0 spiro atoms. The lowest BCUT2D eigenvalue weighted by molar-refractivity contribution is 0.368. The van der Waals surface area contributed by atoms with E-state index in [1.54, 1.807) is 6.07 Å². The van der Waals surface area contributed by atoms with Crippen LogP contribution in [0.25, 0.3) is 0 Å². The smallest absolute Gasteiger partial charge is 0.162 e. The summed E-state index contributed by atoms with van der Waals surface area (Å²) in [6.07, 6.45) is 0.792. The maximum absolute atomic E-state index is 9.69. The van der Waals surface area contributed by atoms with Crippen LogP contribution in [0.3, 0.4) is 0 Å². The number of para-hydroxylation sites is 1. The van der Waals surface area contributed by atoms with Gasteiger partial charge in [0.25, 0.3) is 0 Å². The first-order valence-corrected chi connectivity index (χ1v) is 4.32. The minimum Gasteiger partial charge on any atom is -0.504 e. The predicted octanol–water partition coefficient (Wildman–Crippen LogP) is 1.81.